The van der Waals surface area contributed by atoms with Crippen LogP contribution < -0.4 is 0 Å². The number of hydrogen-bond donors (Lipinski definition) is 3. The number of aromatic amines is 1. The van der Waals surface area contributed by atoms with E-state index in [1.807, 2.05) is 76.9 Å². The molecule has 2 aromatic carbocycles. The van der Waals surface area contributed by atoms with Gasteiger partial charge in [0.05, 0.1) is 65.7 Å². The van der Waals surface area contributed by atoms with Crippen LogP contribution in [0.2, 0.25) is 5.82 Å². The van der Waals surface area contributed by atoms with Crippen LogP contribution in [0.3, 0.4) is 0 Å². The maximum atomic E-state index is 13.5. The van der Waals surface area contributed by atoms with E-state index >= 15 is 0 Å². The normalized spacial score (nSPS) is 21.5. The van der Waals surface area contributed by atoms with Gasteiger partial charge in [-0.25, -0.2) is 0 Å². The van der Waals surface area contributed by atoms with Crippen LogP contribution in [0.1, 0.15) is 115 Å². The predicted molar refractivity (Wildman–Crippen MR) is 220 cm³/mol. The zero-order valence-corrected chi connectivity index (χ0v) is 33.5. The SMILES string of the molecule is C[C@@H]1CC[C@@H](c2cn[nH]c2)CN1C(=O)c1ccccc1-n1nccn1.C[C@@H]1CC[C@@H](c2cnn(C3CC3)c2)CN1C(=O)c1ccccc1-n1nccn1.OB(O)C1CC1. The summed E-state index contributed by atoms with van der Waals surface area (Å²) in [4.78, 5) is 33.7. The van der Waals surface area contributed by atoms with Crippen molar-refractivity contribution in [2.45, 2.75) is 101 Å². The average Bonchev–Trinajstić information content (AvgIpc) is 3.92. The molecule has 17 heteroatoms. The highest BCUT2D eigenvalue weighted by Gasteiger charge is 2.35. The van der Waals surface area contributed by atoms with Gasteiger partial charge in [0.25, 0.3) is 11.8 Å². The zero-order valence-electron chi connectivity index (χ0n) is 33.5. The number of piperidine rings is 2. The fraction of sp³-hybridized carbons (Fsp3) is 0.429. The molecule has 0 spiro atoms. The molecule has 4 fully saturated rings. The molecule has 2 saturated heterocycles. The van der Waals surface area contributed by atoms with E-state index in [-0.39, 0.29) is 29.7 Å². The molecule has 3 N–H and O–H groups in total. The molecular formula is C42H51BN12O4. The second kappa shape index (κ2) is 17.9. The number of benzene rings is 2. The fourth-order valence-corrected chi connectivity index (χ4v) is 7.95. The Morgan fingerprint density at radius 1 is 0.644 bits per heavy atom. The standard InChI is InChI=1S/C21H24N6O.C18H20N6O.C3H7BO2/c1-15-6-7-16(17-12-24-26(14-17)18-8-9-18)13-25(15)21(28)19-4-2-3-5-20(19)27-22-10-11-23-27;1-13-6-7-14(15-10-19-20-11-15)12-23(13)18(25)16-4-2-3-5-17(16)24-21-8-9-22-24;5-4(6)3-1-2-3/h2-5,10-12,14-16,18H,6-9,13H2,1H3;2-5,8-11,13-14H,6-7,12H2,1H3,(H,19,20);3,5-6H,1-2H2/t15-,16-;13-,14-;/m11./s1. The van der Waals surface area contributed by atoms with E-state index in [0.29, 0.717) is 46.9 Å². The number of nitrogens with one attached hydrogen (secondary N) is 1. The molecule has 59 heavy (non-hydrogen) atoms. The third kappa shape index (κ3) is 9.36. The number of carbonyl (C=O) groups is 2. The van der Waals surface area contributed by atoms with Gasteiger partial charge in [-0.05, 0) is 93.6 Å². The Bertz CT molecular complexity index is 2270. The molecule has 4 atom stereocenters. The predicted octanol–water partition coefficient (Wildman–Crippen LogP) is 5.23. The van der Waals surface area contributed by atoms with Gasteiger partial charge in [0.15, 0.2) is 0 Å². The first-order chi connectivity index (χ1) is 28.7. The number of aromatic nitrogens is 10. The van der Waals surface area contributed by atoms with Gasteiger partial charge in [0.1, 0.15) is 0 Å². The number of likely N-dealkylation sites (tertiary alicyclic amines) is 2. The molecule has 4 aromatic heterocycles. The highest BCUT2D eigenvalue weighted by atomic mass is 16.4. The van der Waals surface area contributed by atoms with Gasteiger partial charge in [-0.1, -0.05) is 37.1 Å². The number of H-pyrrole nitrogens is 1. The van der Waals surface area contributed by atoms with Gasteiger partial charge in [0.2, 0.25) is 0 Å². The van der Waals surface area contributed by atoms with E-state index in [4.69, 9.17) is 10.0 Å². The molecule has 2 saturated carbocycles. The number of amides is 2. The summed E-state index contributed by atoms with van der Waals surface area (Å²) < 4.78 is 2.10. The van der Waals surface area contributed by atoms with Gasteiger partial charge >= 0.3 is 7.12 Å². The Balaban J connectivity index is 0.000000144. The minimum Gasteiger partial charge on any atom is -0.427 e. The topological polar surface area (TPSA) is 189 Å². The summed E-state index contributed by atoms with van der Waals surface area (Å²) in [6, 6.07) is 16.0. The second-order valence-electron chi connectivity index (χ2n) is 16.1. The molecule has 0 radical (unpaired) electrons. The molecule has 6 aromatic rings. The largest absolute Gasteiger partial charge is 0.454 e. The summed E-state index contributed by atoms with van der Waals surface area (Å²) in [7, 11) is -1.04. The molecule has 0 bridgehead atoms. The molecule has 16 nitrogen and oxygen atoms in total. The first kappa shape index (κ1) is 39.9. The lowest BCUT2D eigenvalue weighted by Crippen LogP contribution is -2.45. The van der Waals surface area contributed by atoms with Crippen molar-refractivity contribution >= 4 is 18.9 Å². The highest BCUT2D eigenvalue weighted by Crippen LogP contribution is 2.38. The molecule has 0 unspecified atom stereocenters. The van der Waals surface area contributed by atoms with E-state index in [0.717, 1.165) is 50.6 Å². The number of carbonyl (C=O) groups excluding carboxylic acids is 2. The maximum absolute atomic E-state index is 13.5. The van der Waals surface area contributed by atoms with Gasteiger partial charge in [-0.2, -0.15) is 40.2 Å². The summed E-state index contributed by atoms with van der Waals surface area (Å²) in [6.07, 6.45) is 23.0. The summed E-state index contributed by atoms with van der Waals surface area (Å²) in [5.41, 5.74) is 5.09. The van der Waals surface area contributed by atoms with Crippen molar-refractivity contribution in [3.05, 3.63) is 120 Å². The van der Waals surface area contributed by atoms with Gasteiger partial charge in [-0.15, -0.1) is 0 Å². The van der Waals surface area contributed by atoms with Crippen LogP contribution in [0, 0.1) is 0 Å². The minimum atomic E-state index is -1.04. The van der Waals surface area contributed by atoms with Crippen molar-refractivity contribution in [3.8, 4) is 11.4 Å². The van der Waals surface area contributed by atoms with Crippen molar-refractivity contribution in [3.63, 3.8) is 0 Å². The third-order valence-corrected chi connectivity index (χ3v) is 11.9. The van der Waals surface area contributed by atoms with Crippen molar-refractivity contribution in [2.24, 2.45) is 0 Å². The van der Waals surface area contributed by atoms with E-state index in [1.165, 1.54) is 28.0 Å². The third-order valence-electron chi connectivity index (χ3n) is 11.9. The van der Waals surface area contributed by atoms with Crippen molar-refractivity contribution in [1.29, 1.82) is 0 Å². The van der Waals surface area contributed by atoms with Gasteiger partial charge in [0, 0.05) is 49.4 Å². The zero-order chi connectivity index (χ0) is 40.9. The van der Waals surface area contributed by atoms with E-state index < -0.39 is 7.12 Å². The minimum absolute atomic E-state index is 0.0218. The average molecular weight is 799 g/mol. The molecule has 6 heterocycles. The molecule has 306 valence electrons. The lowest BCUT2D eigenvalue weighted by atomic mass is 9.84. The van der Waals surface area contributed by atoms with Gasteiger partial charge < -0.3 is 19.8 Å². The quantitative estimate of drug-likeness (QED) is 0.172. The summed E-state index contributed by atoms with van der Waals surface area (Å²) in [6.45, 7) is 5.66. The monoisotopic (exact) mass is 798 g/mol. The Morgan fingerprint density at radius 2 is 1.15 bits per heavy atom. The van der Waals surface area contributed by atoms with Crippen molar-refractivity contribution < 1.29 is 19.6 Å². The smallest absolute Gasteiger partial charge is 0.427 e. The van der Waals surface area contributed by atoms with E-state index in [2.05, 4.69) is 60.4 Å². The van der Waals surface area contributed by atoms with Crippen molar-refractivity contribution in [2.75, 3.05) is 13.1 Å². The molecule has 10 rings (SSSR count). The number of nitrogens with zero attached hydrogens (tertiary/aromatic N) is 11. The molecule has 4 aliphatic rings. The molecule has 2 amide bonds. The van der Waals surface area contributed by atoms with Crippen LogP contribution in [0.25, 0.3) is 11.4 Å². The van der Waals surface area contributed by atoms with Crippen LogP contribution in [0.15, 0.2) is 98.1 Å². The number of rotatable bonds is 8. The van der Waals surface area contributed by atoms with Crippen LogP contribution in [-0.2, 0) is 0 Å². The first-order valence-corrected chi connectivity index (χ1v) is 20.7. The summed E-state index contributed by atoms with van der Waals surface area (Å²) in [5, 5.41) is 44.7. The van der Waals surface area contributed by atoms with Gasteiger partial charge in [-0.3, -0.25) is 19.4 Å². The van der Waals surface area contributed by atoms with Crippen LogP contribution in [0.5, 0.6) is 0 Å². The molecular weight excluding hydrogens is 747 g/mol. The first-order valence-electron chi connectivity index (χ1n) is 20.7. The Labute approximate surface area is 343 Å². The molecule has 2 aliphatic carbocycles. The van der Waals surface area contributed by atoms with E-state index in [1.54, 1.807) is 24.8 Å². The number of hydrogen-bond acceptors (Lipinski definition) is 10. The Hall–Kier alpha value is -5.94. The number of para-hydroxylation sites is 2. The fourth-order valence-electron chi connectivity index (χ4n) is 7.95. The lowest BCUT2D eigenvalue weighted by Gasteiger charge is -2.38. The highest BCUT2D eigenvalue weighted by molar-refractivity contribution is 6.44. The summed E-state index contributed by atoms with van der Waals surface area (Å²) >= 11 is 0. The molecule has 2 aliphatic heterocycles. The van der Waals surface area contributed by atoms with Crippen LogP contribution in [-0.4, -0.2) is 114 Å². The second-order valence-corrected chi connectivity index (χ2v) is 16.1. The Kier molecular flexibility index (Phi) is 12.1. The van der Waals surface area contributed by atoms with Crippen molar-refractivity contribution in [1.82, 2.24) is 59.8 Å². The Morgan fingerprint density at radius 3 is 1.59 bits per heavy atom. The van der Waals surface area contributed by atoms with E-state index in [9.17, 15) is 9.59 Å². The van der Waals surface area contributed by atoms with Crippen LogP contribution >= 0.6 is 0 Å². The summed E-state index contributed by atoms with van der Waals surface area (Å²) in [5.74, 6) is 0.926. The van der Waals surface area contributed by atoms with Crippen LogP contribution in [0.4, 0.5) is 0 Å². The maximum Gasteiger partial charge on any atom is 0.454 e. The lowest BCUT2D eigenvalue weighted by molar-refractivity contribution is 0.0602.